The van der Waals surface area contributed by atoms with Crippen molar-refractivity contribution in [3.63, 3.8) is 0 Å². The summed E-state index contributed by atoms with van der Waals surface area (Å²) >= 11 is 0. The van der Waals surface area contributed by atoms with Crippen molar-refractivity contribution in [3.8, 4) is 0 Å². The molecule has 1 N–H and O–H groups in total. The van der Waals surface area contributed by atoms with Crippen LogP contribution in [-0.4, -0.2) is 50.4 Å². The van der Waals surface area contributed by atoms with Gasteiger partial charge in [0.25, 0.3) is 0 Å². The Morgan fingerprint density at radius 3 is 2.37 bits per heavy atom. The van der Waals surface area contributed by atoms with Gasteiger partial charge in [-0.3, -0.25) is 4.90 Å². The number of halogens is 3. The number of aromatic nitrogens is 3. The molecule has 0 saturated carbocycles. The summed E-state index contributed by atoms with van der Waals surface area (Å²) in [6.45, 7) is 9.02. The number of aryl methyl sites for hydroxylation is 3. The zero-order valence-electron chi connectivity index (χ0n) is 15.3. The number of carbonyl (C=O) groups is 1. The standard InChI is InChI=1S/C15H20N4O.C2HF3O2/c1-10-13-4-6-19(7-5-15(13)17-9-16-10)8-14-11(2)18-20-12(14)3;3-2(4,5)1(6)7/h9H,4-8H2,1-3H3;(H,6,7). The average Bonchev–Trinajstić information content (AvgIpc) is 2.79. The number of hydrogen-bond donors (Lipinski definition) is 1. The molecular formula is C17H21F3N4O3. The van der Waals surface area contributed by atoms with Crippen molar-refractivity contribution in [2.24, 2.45) is 0 Å². The molecule has 0 bridgehead atoms. The van der Waals surface area contributed by atoms with Crippen LogP contribution in [-0.2, 0) is 24.2 Å². The number of alkyl halides is 3. The van der Waals surface area contributed by atoms with Gasteiger partial charge in [0.2, 0.25) is 0 Å². The SMILES string of the molecule is Cc1ncnc2c1CCN(Cc1c(C)noc1C)CC2.O=C(O)C(F)(F)F. The molecule has 27 heavy (non-hydrogen) atoms. The maximum atomic E-state index is 10.6. The van der Waals surface area contributed by atoms with E-state index in [1.54, 1.807) is 6.33 Å². The lowest BCUT2D eigenvalue weighted by atomic mass is 10.1. The lowest BCUT2D eigenvalue weighted by Crippen LogP contribution is -2.26. The van der Waals surface area contributed by atoms with E-state index in [1.165, 1.54) is 16.8 Å². The highest BCUT2D eigenvalue weighted by molar-refractivity contribution is 5.73. The predicted molar refractivity (Wildman–Crippen MR) is 89.1 cm³/mol. The summed E-state index contributed by atoms with van der Waals surface area (Å²) in [7, 11) is 0. The molecule has 0 aromatic carbocycles. The number of fused-ring (bicyclic) bond motifs is 1. The van der Waals surface area contributed by atoms with Crippen LogP contribution in [0.2, 0.25) is 0 Å². The smallest absolute Gasteiger partial charge is 0.475 e. The number of nitrogens with zero attached hydrogens (tertiary/aromatic N) is 4. The molecule has 0 spiro atoms. The minimum Gasteiger partial charge on any atom is -0.475 e. The maximum absolute atomic E-state index is 10.6. The molecule has 0 radical (unpaired) electrons. The molecule has 0 saturated heterocycles. The molecule has 1 aliphatic rings. The first-order chi connectivity index (χ1) is 12.6. The van der Waals surface area contributed by atoms with Crippen LogP contribution in [0.5, 0.6) is 0 Å². The zero-order valence-corrected chi connectivity index (χ0v) is 15.3. The van der Waals surface area contributed by atoms with Gasteiger partial charge < -0.3 is 9.63 Å². The molecule has 148 valence electrons. The van der Waals surface area contributed by atoms with Crippen molar-refractivity contribution in [1.82, 2.24) is 20.0 Å². The third-order valence-corrected chi connectivity index (χ3v) is 4.40. The Hall–Kier alpha value is -2.49. The first-order valence-corrected chi connectivity index (χ1v) is 8.33. The summed E-state index contributed by atoms with van der Waals surface area (Å²) in [5, 5.41) is 11.2. The Bertz CT molecular complexity index is 786. The van der Waals surface area contributed by atoms with Gasteiger partial charge in [-0.2, -0.15) is 13.2 Å². The summed E-state index contributed by atoms with van der Waals surface area (Å²) in [6, 6.07) is 0. The van der Waals surface area contributed by atoms with Gasteiger partial charge in [-0.05, 0) is 32.8 Å². The normalized spacial score (nSPS) is 14.7. The van der Waals surface area contributed by atoms with Crippen molar-refractivity contribution in [2.75, 3.05) is 13.1 Å². The fraction of sp³-hybridized carbons (Fsp3) is 0.529. The Balaban J connectivity index is 0.000000321. The Morgan fingerprint density at radius 1 is 1.19 bits per heavy atom. The molecule has 2 aromatic heterocycles. The highest BCUT2D eigenvalue weighted by Gasteiger charge is 2.38. The fourth-order valence-electron chi connectivity index (χ4n) is 2.85. The van der Waals surface area contributed by atoms with E-state index in [0.29, 0.717) is 0 Å². The molecule has 0 unspecified atom stereocenters. The maximum Gasteiger partial charge on any atom is 0.490 e. The third-order valence-electron chi connectivity index (χ3n) is 4.40. The molecule has 2 aromatic rings. The monoisotopic (exact) mass is 386 g/mol. The average molecular weight is 386 g/mol. The molecule has 3 heterocycles. The fourth-order valence-corrected chi connectivity index (χ4v) is 2.85. The van der Waals surface area contributed by atoms with E-state index in [4.69, 9.17) is 14.4 Å². The summed E-state index contributed by atoms with van der Waals surface area (Å²) in [4.78, 5) is 20.1. The van der Waals surface area contributed by atoms with Crippen LogP contribution in [0.4, 0.5) is 13.2 Å². The van der Waals surface area contributed by atoms with Gasteiger partial charge in [-0.25, -0.2) is 14.8 Å². The van der Waals surface area contributed by atoms with Crippen LogP contribution in [0.15, 0.2) is 10.9 Å². The number of carboxylic acid groups (broad SMARTS) is 1. The lowest BCUT2D eigenvalue weighted by Gasteiger charge is -2.19. The highest BCUT2D eigenvalue weighted by Crippen LogP contribution is 2.20. The Kier molecular flexibility index (Phi) is 6.53. The molecule has 10 heteroatoms. The number of hydrogen-bond acceptors (Lipinski definition) is 6. The summed E-state index contributed by atoms with van der Waals surface area (Å²) in [6.07, 6.45) is -1.40. The summed E-state index contributed by atoms with van der Waals surface area (Å²) in [5.41, 5.74) is 5.88. The van der Waals surface area contributed by atoms with Crippen LogP contribution >= 0.6 is 0 Å². The van der Waals surface area contributed by atoms with E-state index >= 15 is 0 Å². The van der Waals surface area contributed by atoms with Crippen molar-refractivity contribution in [3.05, 3.63) is 40.3 Å². The van der Waals surface area contributed by atoms with Gasteiger partial charge in [0, 0.05) is 43.0 Å². The lowest BCUT2D eigenvalue weighted by molar-refractivity contribution is -0.192. The Labute approximate surface area is 154 Å². The predicted octanol–water partition coefficient (Wildman–Crippen LogP) is 2.62. The molecule has 1 aliphatic heterocycles. The van der Waals surface area contributed by atoms with Gasteiger partial charge in [0.05, 0.1) is 5.69 Å². The highest BCUT2D eigenvalue weighted by atomic mass is 19.4. The molecule has 0 aliphatic carbocycles. The van der Waals surface area contributed by atoms with E-state index in [0.717, 1.165) is 49.6 Å². The quantitative estimate of drug-likeness (QED) is 0.848. The second-order valence-electron chi connectivity index (χ2n) is 6.27. The molecule has 0 atom stereocenters. The minimum absolute atomic E-state index is 0.904. The van der Waals surface area contributed by atoms with Crippen molar-refractivity contribution >= 4 is 5.97 Å². The van der Waals surface area contributed by atoms with Crippen molar-refractivity contribution < 1.29 is 27.6 Å². The third kappa shape index (κ3) is 5.49. The van der Waals surface area contributed by atoms with Crippen LogP contribution in [0, 0.1) is 20.8 Å². The summed E-state index contributed by atoms with van der Waals surface area (Å²) < 4.78 is 37.0. The van der Waals surface area contributed by atoms with E-state index in [2.05, 4.69) is 26.9 Å². The number of rotatable bonds is 2. The van der Waals surface area contributed by atoms with E-state index in [1.807, 2.05) is 13.8 Å². The second-order valence-corrected chi connectivity index (χ2v) is 6.27. The molecular weight excluding hydrogens is 365 g/mol. The molecule has 3 rings (SSSR count). The van der Waals surface area contributed by atoms with Gasteiger partial charge in [-0.1, -0.05) is 5.16 Å². The van der Waals surface area contributed by atoms with Gasteiger partial charge in [0.1, 0.15) is 12.1 Å². The first-order valence-electron chi connectivity index (χ1n) is 8.33. The summed E-state index contributed by atoms with van der Waals surface area (Å²) in [5.74, 6) is -1.83. The van der Waals surface area contributed by atoms with Gasteiger partial charge in [-0.15, -0.1) is 0 Å². The molecule has 0 amide bonds. The molecule has 0 fully saturated rings. The zero-order chi connectivity index (χ0) is 20.2. The van der Waals surface area contributed by atoms with Crippen LogP contribution in [0.25, 0.3) is 0 Å². The topological polar surface area (TPSA) is 92.4 Å². The van der Waals surface area contributed by atoms with E-state index in [-0.39, 0.29) is 0 Å². The van der Waals surface area contributed by atoms with Crippen molar-refractivity contribution in [1.29, 1.82) is 0 Å². The molecule has 7 nitrogen and oxygen atoms in total. The minimum atomic E-state index is -5.08. The largest absolute Gasteiger partial charge is 0.490 e. The van der Waals surface area contributed by atoms with Crippen LogP contribution in [0.1, 0.15) is 34.0 Å². The van der Waals surface area contributed by atoms with E-state index < -0.39 is 12.1 Å². The van der Waals surface area contributed by atoms with Gasteiger partial charge in [0.15, 0.2) is 0 Å². The number of carboxylic acids is 1. The van der Waals surface area contributed by atoms with Crippen LogP contribution < -0.4 is 0 Å². The number of aliphatic carboxylic acids is 1. The van der Waals surface area contributed by atoms with Crippen molar-refractivity contribution in [2.45, 2.75) is 46.3 Å². The van der Waals surface area contributed by atoms with Gasteiger partial charge >= 0.3 is 12.1 Å². The van der Waals surface area contributed by atoms with Crippen LogP contribution in [0.3, 0.4) is 0 Å². The Morgan fingerprint density at radius 2 is 1.81 bits per heavy atom. The van der Waals surface area contributed by atoms with E-state index in [9.17, 15) is 13.2 Å². The first kappa shape index (κ1) is 20.8. The second kappa shape index (κ2) is 8.47.